The molecule has 2 aromatic rings. The summed E-state index contributed by atoms with van der Waals surface area (Å²) in [6.45, 7) is 12.6. The number of hydrogen-bond acceptors (Lipinski definition) is 3. The summed E-state index contributed by atoms with van der Waals surface area (Å²) in [4.78, 5) is 42.1. The lowest BCUT2D eigenvalue weighted by Gasteiger charge is -2.34. The monoisotopic (exact) mass is 460 g/mol. The number of amides is 3. The first kappa shape index (κ1) is 24.2. The van der Waals surface area contributed by atoms with Gasteiger partial charge in [-0.3, -0.25) is 14.4 Å². The van der Waals surface area contributed by atoms with Crippen LogP contribution in [0.5, 0.6) is 0 Å². The van der Waals surface area contributed by atoms with Crippen molar-refractivity contribution in [1.82, 2.24) is 5.32 Å². The SMILES string of the molecule is CC(C)c1cccc(C(C)C)c1N1C(=O)c2cccc(C(=O)NC3CCCC(C)C3C)c2C1=O. The lowest BCUT2D eigenvalue weighted by Crippen LogP contribution is -2.44. The fraction of sp³-hybridized carbons (Fsp3) is 0.483. The van der Waals surface area contributed by atoms with Crippen molar-refractivity contribution in [2.45, 2.75) is 78.7 Å². The summed E-state index contributed by atoms with van der Waals surface area (Å²) in [5, 5.41) is 3.17. The number of anilines is 1. The van der Waals surface area contributed by atoms with Crippen LogP contribution in [-0.2, 0) is 0 Å². The van der Waals surface area contributed by atoms with Gasteiger partial charge in [-0.05, 0) is 53.4 Å². The number of carbonyl (C=O) groups is 3. The predicted octanol–water partition coefficient (Wildman–Crippen LogP) is 6.29. The maximum absolute atomic E-state index is 13.8. The molecule has 3 amide bonds. The number of carbonyl (C=O) groups excluding carboxylic acids is 3. The Bertz CT molecular complexity index is 1110. The molecule has 1 N–H and O–H groups in total. The van der Waals surface area contributed by atoms with E-state index in [4.69, 9.17) is 0 Å². The van der Waals surface area contributed by atoms with E-state index in [1.807, 2.05) is 18.2 Å². The van der Waals surface area contributed by atoms with Crippen molar-refractivity contribution >= 4 is 23.4 Å². The Balaban J connectivity index is 1.75. The summed E-state index contributed by atoms with van der Waals surface area (Å²) >= 11 is 0. The molecule has 0 radical (unpaired) electrons. The summed E-state index contributed by atoms with van der Waals surface area (Å²) in [6, 6.07) is 11.0. The fourth-order valence-electron chi connectivity index (χ4n) is 5.48. The summed E-state index contributed by atoms with van der Waals surface area (Å²) in [6.07, 6.45) is 3.19. The van der Waals surface area contributed by atoms with Gasteiger partial charge in [0.2, 0.25) is 0 Å². The lowest BCUT2D eigenvalue weighted by atomic mass is 9.78. The van der Waals surface area contributed by atoms with E-state index in [2.05, 4.69) is 46.9 Å². The molecule has 180 valence electrons. The van der Waals surface area contributed by atoms with E-state index in [0.29, 0.717) is 23.1 Å². The van der Waals surface area contributed by atoms with Gasteiger partial charge in [0.25, 0.3) is 17.7 Å². The first-order valence-electron chi connectivity index (χ1n) is 12.6. The molecule has 5 nitrogen and oxygen atoms in total. The lowest BCUT2D eigenvalue weighted by molar-refractivity contribution is 0.0876. The number of benzene rings is 2. The molecular formula is C29H36N2O3. The minimum atomic E-state index is -0.411. The summed E-state index contributed by atoms with van der Waals surface area (Å²) in [7, 11) is 0. The van der Waals surface area contributed by atoms with Gasteiger partial charge in [-0.25, -0.2) is 4.90 Å². The fourth-order valence-corrected chi connectivity index (χ4v) is 5.48. The molecule has 5 heteroatoms. The maximum atomic E-state index is 13.8. The minimum absolute atomic E-state index is 0.0737. The van der Waals surface area contributed by atoms with Gasteiger partial charge in [0.15, 0.2) is 0 Å². The van der Waals surface area contributed by atoms with Crippen LogP contribution in [0.3, 0.4) is 0 Å². The van der Waals surface area contributed by atoms with Crippen LogP contribution in [0.25, 0.3) is 0 Å². The molecule has 4 rings (SSSR count). The standard InChI is InChI=1S/C29H36N2O3/c1-16(2)20-11-8-12-21(17(3)4)26(20)31-28(33)23-14-9-13-22(25(23)29(31)34)27(32)30-24-15-7-10-18(5)19(24)6/h8-9,11-14,16-19,24H,7,10,15H2,1-6H3,(H,30,32). The highest BCUT2D eigenvalue weighted by atomic mass is 16.2. The van der Waals surface area contributed by atoms with E-state index < -0.39 is 5.91 Å². The van der Waals surface area contributed by atoms with E-state index in [-0.39, 0.29) is 40.8 Å². The first-order valence-corrected chi connectivity index (χ1v) is 12.6. The van der Waals surface area contributed by atoms with Crippen LogP contribution in [0.15, 0.2) is 36.4 Å². The Morgan fingerprint density at radius 1 is 0.912 bits per heavy atom. The molecule has 0 aromatic heterocycles. The van der Waals surface area contributed by atoms with Crippen LogP contribution in [-0.4, -0.2) is 23.8 Å². The third-order valence-electron chi connectivity index (χ3n) is 7.75. The number of rotatable bonds is 5. The number of imide groups is 1. The zero-order valence-electron chi connectivity index (χ0n) is 21.1. The van der Waals surface area contributed by atoms with Gasteiger partial charge in [0.05, 0.1) is 22.4 Å². The first-order chi connectivity index (χ1) is 16.1. The second-order valence-corrected chi connectivity index (χ2v) is 10.6. The Labute approximate surface area is 202 Å². The normalized spacial score (nSPS) is 22.5. The molecule has 2 aromatic carbocycles. The highest BCUT2D eigenvalue weighted by Gasteiger charge is 2.42. The van der Waals surface area contributed by atoms with Gasteiger partial charge in [-0.1, -0.05) is 78.6 Å². The molecule has 0 bridgehead atoms. The summed E-state index contributed by atoms with van der Waals surface area (Å²) in [5.41, 5.74) is 3.39. The van der Waals surface area contributed by atoms with Crippen molar-refractivity contribution in [2.75, 3.05) is 4.90 Å². The Hall–Kier alpha value is -2.95. The number of nitrogens with one attached hydrogen (secondary N) is 1. The predicted molar refractivity (Wildman–Crippen MR) is 136 cm³/mol. The van der Waals surface area contributed by atoms with Gasteiger partial charge in [0, 0.05) is 6.04 Å². The average Bonchev–Trinajstić information content (AvgIpc) is 3.06. The largest absolute Gasteiger partial charge is 0.349 e. The van der Waals surface area contributed by atoms with Gasteiger partial charge in [-0.15, -0.1) is 0 Å². The van der Waals surface area contributed by atoms with E-state index in [1.165, 1.54) is 11.3 Å². The average molecular weight is 461 g/mol. The van der Waals surface area contributed by atoms with Crippen LogP contribution in [0.2, 0.25) is 0 Å². The number of hydrogen-bond donors (Lipinski definition) is 1. The van der Waals surface area contributed by atoms with Crippen molar-refractivity contribution < 1.29 is 14.4 Å². The molecule has 3 atom stereocenters. The van der Waals surface area contributed by atoms with Crippen molar-refractivity contribution in [2.24, 2.45) is 11.8 Å². The van der Waals surface area contributed by atoms with Crippen LogP contribution >= 0.6 is 0 Å². The van der Waals surface area contributed by atoms with Crippen LogP contribution < -0.4 is 10.2 Å². The van der Waals surface area contributed by atoms with Crippen molar-refractivity contribution in [3.05, 3.63) is 64.2 Å². The van der Waals surface area contributed by atoms with Crippen LogP contribution in [0, 0.1) is 11.8 Å². The van der Waals surface area contributed by atoms with Gasteiger partial charge in [0.1, 0.15) is 0 Å². The minimum Gasteiger partial charge on any atom is -0.349 e. The second-order valence-electron chi connectivity index (χ2n) is 10.6. The zero-order chi connectivity index (χ0) is 24.7. The Morgan fingerprint density at radius 3 is 2.15 bits per heavy atom. The maximum Gasteiger partial charge on any atom is 0.266 e. The van der Waals surface area contributed by atoms with Gasteiger partial charge < -0.3 is 5.32 Å². The van der Waals surface area contributed by atoms with E-state index in [1.54, 1.807) is 18.2 Å². The van der Waals surface area contributed by atoms with E-state index in [9.17, 15) is 14.4 Å². The van der Waals surface area contributed by atoms with Crippen molar-refractivity contribution in [1.29, 1.82) is 0 Å². The van der Waals surface area contributed by atoms with Gasteiger partial charge in [-0.2, -0.15) is 0 Å². The molecular weight excluding hydrogens is 424 g/mol. The van der Waals surface area contributed by atoms with Crippen molar-refractivity contribution in [3.8, 4) is 0 Å². The third kappa shape index (κ3) is 4.06. The van der Waals surface area contributed by atoms with E-state index in [0.717, 1.165) is 24.0 Å². The Morgan fingerprint density at radius 2 is 1.53 bits per heavy atom. The number of fused-ring (bicyclic) bond motifs is 1. The Kier molecular flexibility index (Phi) is 6.66. The molecule has 1 fully saturated rings. The number of para-hydroxylation sites is 1. The quantitative estimate of drug-likeness (QED) is 0.533. The highest BCUT2D eigenvalue weighted by Crippen LogP contribution is 2.40. The molecule has 1 saturated carbocycles. The molecule has 0 spiro atoms. The molecule has 0 saturated heterocycles. The van der Waals surface area contributed by atoms with Crippen LogP contribution in [0.4, 0.5) is 5.69 Å². The zero-order valence-corrected chi connectivity index (χ0v) is 21.1. The molecule has 34 heavy (non-hydrogen) atoms. The van der Waals surface area contributed by atoms with Crippen LogP contribution in [0.1, 0.15) is 115 Å². The molecule has 3 unspecified atom stereocenters. The topological polar surface area (TPSA) is 66.5 Å². The third-order valence-corrected chi connectivity index (χ3v) is 7.75. The summed E-state index contributed by atoms with van der Waals surface area (Å²) in [5.74, 6) is 0.143. The molecule has 1 aliphatic carbocycles. The summed E-state index contributed by atoms with van der Waals surface area (Å²) < 4.78 is 0. The highest BCUT2D eigenvalue weighted by molar-refractivity contribution is 6.36. The molecule has 2 aliphatic rings. The van der Waals surface area contributed by atoms with Gasteiger partial charge >= 0.3 is 0 Å². The van der Waals surface area contributed by atoms with E-state index >= 15 is 0 Å². The smallest absolute Gasteiger partial charge is 0.266 e. The molecule has 1 heterocycles. The van der Waals surface area contributed by atoms with Crippen molar-refractivity contribution in [3.63, 3.8) is 0 Å². The molecule has 1 aliphatic heterocycles. The second kappa shape index (κ2) is 9.36. The number of nitrogens with zero attached hydrogens (tertiary/aromatic N) is 1.